The maximum Gasteiger partial charge on any atom is 0.0746 e. The standard InChI is InChI=1S/C14H19Cl3N2/c1-2-5-18-11-4-3-6-19(9-11)14-12(16)7-10(15)8-13(14)17/h7-8,11,18H,2-6,9H2,1H3. The number of benzene rings is 1. The summed E-state index contributed by atoms with van der Waals surface area (Å²) in [5, 5.41) is 5.41. The van der Waals surface area contributed by atoms with E-state index >= 15 is 0 Å². The van der Waals surface area contributed by atoms with Crippen LogP contribution in [-0.4, -0.2) is 25.7 Å². The molecule has 1 atom stereocenters. The maximum absolute atomic E-state index is 6.29. The molecule has 19 heavy (non-hydrogen) atoms. The van der Waals surface area contributed by atoms with Crippen molar-refractivity contribution in [3.05, 3.63) is 27.2 Å². The predicted molar refractivity (Wildman–Crippen MR) is 85.0 cm³/mol. The number of rotatable bonds is 4. The van der Waals surface area contributed by atoms with Crippen LogP contribution in [0.4, 0.5) is 5.69 Å². The average Bonchev–Trinajstić information content (AvgIpc) is 2.35. The molecule has 1 aliphatic rings. The molecule has 1 aromatic rings. The smallest absolute Gasteiger partial charge is 0.0746 e. The van der Waals surface area contributed by atoms with Gasteiger partial charge in [-0.2, -0.15) is 0 Å². The summed E-state index contributed by atoms with van der Waals surface area (Å²) in [4.78, 5) is 2.26. The third-order valence-corrected chi connectivity index (χ3v) is 4.20. The Bertz CT molecular complexity index is 414. The van der Waals surface area contributed by atoms with E-state index in [-0.39, 0.29) is 0 Å². The number of hydrogen-bond acceptors (Lipinski definition) is 2. The second-order valence-electron chi connectivity index (χ2n) is 4.96. The topological polar surface area (TPSA) is 15.3 Å². The van der Waals surface area contributed by atoms with Crippen molar-refractivity contribution in [2.45, 2.75) is 32.2 Å². The molecular formula is C14H19Cl3N2. The molecule has 0 aromatic heterocycles. The molecule has 1 unspecified atom stereocenters. The molecule has 1 aliphatic heterocycles. The highest BCUT2D eigenvalue weighted by Gasteiger charge is 2.23. The van der Waals surface area contributed by atoms with E-state index in [9.17, 15) is 0 Å². The first-order valence-corrected chi connectivity index (χ1v) is 7.88. The first-order chi connectivity index (χ1) is 9.11. The van der Waals surface area contributed by atoms with E-state index in [1.165, 1.54) is 6.42 Å². The van der Waals surface area contributed by atoms with Gasteiger partial charge in [-0.25, -0.2) is 0 Å². The van der Waals surface area contributed by atoms with E-state index in [1.54, 1.807) is 12.1 Å². The van der Waals surface area contributed by atoms with Crippen molar-refractivity contribution in [1.29, 1.82) is 0 Å². The zero-order valence-corrected chi connectivity index (χ0v) is 13.3. The van der Waals surface area contributed by atoms with Crippen molar-refractivity contribution in [2.24, 2.45) is 0 Å². The van der Waals surface area contributed by atoms with Gasteiger partial charge in [0.1, 0.15) is 0 Å². The maximum atomic E-state index is 6.29. The highest BCUT2D eigenvalue weighted by atomic mass is 35.5. The van der Waals surface area contributed by atoms with Gasteiger partial charge in [0.25, 0.3) is 0 Å². The summed E-state index contributed by atoms with van der Waals surface area (Å²) in [7, 11) is 0. The van der Waals surface area contributed by atoms with E-state index in [4.69, 9.17) is 34.8 Å². The summed E-state index contributed by atoms with van der Waals surface area (Å²) in [5.41, 5.74) is 0.913. The molecule has 0 radical (unpaired) electrons. The minimum Gasteiger partial charge on any atom is -0.368 e. The Morgan fingerprint density at radius 1 is 1.26 bits per heavy atom. The van der Waals surface area contributed by atoms with Crippen molar-refractivity contribution >= 4 is 40.5 Å². The Hall–Kier alpha value is -0.150. The minimum atomic E-state index is 0.511. The molecule has 2 nitrogen and oxygen atoms in total. The Labute approximate surface area is 130 Å². The summed E-state index contributed by atoms with van der Waals surface area (Å²) >= 11 is 18.5. The number of hydrogen-bond donors (Lipinski definition) is 1. The third-order valence-electron chi connectivity index (χ3n) is 3.40. The molecule has 1 fully saturated rings. The predicted octanol–water partition coefficient (Wildman–Crippen LogP) is 4.62. The van der Waals surface area contributed by atoms with Crippen LogP contribution in [0.2, 0.25) is 15.1 Å². The largest absolute Gasteiger partial charge is 0.368 e. The Balaban J connectivity index is 2.13. The lowest BCUT2D eigenvalue weighted by Gasteiger charge is -2.36. The van der Waals surface area contributed by atoms with Gasteiger partial charge in [0.2, 0.25) is 0 Å². The van der Waals surface area contributed by atoms with Crippen LogP contribution < -0.4 is 10.2 Å². The number of piperidine rings is 1. The summed E-state index contributed by atoms with van der Waals surface area (Å²) < 4.78 is 0. The van der Waals surface area contributed by atoms with E-state index in [0.717, 1.165) is 38.2 Å². The first kappa shape index (κ1) is 15.2. The molecule has 1 saturated heterocycles. The average molecular weight is 322 g/mol. The lowest BCUT2D eigenvalue weighted by molar-refractivity contribution is 0.423. The normalized spacial score (nSPS) is 19.8. The number of nitrogens with zero attached hydrogens (tertiary/aromatic N) is 1. The van der Waals surface area contributed by atoms with Crippen molar-refractivity contribution in [3.63, 3.8) is 0 Å². The highest BCUT2D eigenvalue weighted by molar-refractivity contribution is 6.41. The summed E-state index contributed by atoms with van der Waals surface area (Å²) in [6.07, 6.45) is 3.51. The lowest BCUT2D eigenvalue weighted by Crippen LogP contribution is -2.46. The summed E-state index contributed by atoms with van der Waals surface area (Å²) in [6, 6.07) is 4.03. The summed E-state index contributed by atoms with van der Waals surface area (Å²) in [5.74, 6) is 0. The van der Waals surface area contributed by atoms with Gasteiger partial charge in [-0.05, 0) is 37.9 Å². The summed E-state index contributed by atoms with van der Waals surface area (Å²) in [6.45, 7) is 5.17. The molecule has 2 rings (SSSR count). The van der Waals surface area contributed by atoms with Gasteiger partial charge >= 0.3 is 0 Å². The molecule has 0 spiro atoms. The minimum absolute atomic E-state index is 0.511. The van der Waals surface area contributed by atoms with Gasteiger partial charge < -0.3 is 10.2 Å². The zero-order valence-electron chi connectivity index (χ0n) is 11.1. The van der Waals surface area contributed by atoms with Gasteiger partial charge in [-0.1, -0.05) is 41.7 Å². The van der Waals surface area contributed by atoms with Crippen LogP contribution in [0.3, 0.4) is 0 Å². The van der Waals surface area contributed by atoms with Gasteiger partial charge in [0.15, 0.2) is 0 Å². The van der Waals surface area contributed by atoms with Crippen molar-refractivity contribution in [2.75, 3.05) is 24.5 Å². The van der Waals surface area contributed by atoms with Crippen LogP contribution in [0.5, 0.6) is 0 Å². The molecule has 5 heteroatoms. The number of halogens is 3. The second kappa shape index (κ2) is 7.03. The third kappa shape index (κ3) is 3.91. The van der Waals surface area contributed by atoms with Crippen molar-refractivity contribution in [1.82, 2.24) is 5.32 Å². The highest BCUT2D eigenvalue weighted by Crippen LogP contribution is 2.37. The van der Waals surface area contributed by atoms with Gasteiger partial charge in [-0.3, -0.25) is 0 Å². The van der Waals surface area contributed by atoms with Crippen molar-refractivity contribution in [3.8, 4) is 0 Å². The molecule has 1 N–H and O–H groups in total. The quantitative estimate of drug-likeness (QED) is 0.871. The Kier molecular flexibility index (Phi) is 5.64. The van der Waals surface area contributed by atoms with Crippen LogP contribution in [0.1, 0.15) is 26.2 Å². The number of anilines is 1. The molecule has 106 valence electrons. The molecule has 1 aromatic carbocycles. The first-order valence-electron chi connectivity index (χ1n) is 6.74. The van der Waals surface area contributed by atoms with Crippen LogP contribution in [0.15, 0.2) is 12.1 Å². The van der Waals surface area contributed by atoms with Crippen LogP contribution in [0, 0.1) is 0 Å². The molecule has 1 heterocycles. The lowest BCUT2D eigenvalue weighted by atomic mass is 10.0. The van der Waals surface area contributed by atoms with Gasteiger partial charge in [0.05, 0.1) is 15.7 Å². The Morgan fingerprint density at radius 2 is 1.95 bits per heavy atom. The van der Waals surface area contributed by atoms with Crippen LogP contribution in [-0.2, 0) is 0 Å². The molecule has 0 aliphatic carbocycles. The van der Waals surface area contributed by atoms with Gasteiger partial charge in [0, 0.05) is 24.2 Å². The fourth-order valence-electron chi connectivity index (χ4n) is 2.53. The molecular weight excluding hydrogens is 303 g/mol. The molecule has 0 amide bonds. The van der Waals surface area contributed by atoms with E-state index in [1.807, 2.05) is 0 Å². The second-order valence-corrected chi connectivity index (χ2v) is 6.21. The SMILES string of the molecule is CCCNC1CCCN(c2c(Cl)cc(Cl)cc2Cl)C1. The van der Waals surface area contributed by atoms with Crippen LogP contribution >= 0.6 is 34.8 Å². The Morgan fingerprint density at radius 3 is 2.58 bits per heavy atom. The van der Waals surface area contributed by atoms with E-state index in [0.29, 0.717) is 21.1 Å². The molecule has 0 bridgehead atoms. The van der Waals surface area contributed by atoms with Gasteiger partial charge in [-0.15, -0.1) is 0 Å². The molecule has 0 saturated carbocycles. The fraction of sp³-hybridized carbons (Fsp3) is 0.571. The number of nitrogens with one attached hydrogen (secondary N) is 1. The van der Waals surface area contributed by atoms with E-state index in [2.05, 4.69) is 17.1 Å². The monoisotopic (exact) mass is 320 g/mol. The fourth-order valence-corrected chi connectivity index (χ4v) is 3.59. The van der Waals surface area contributed by atoms with E-state index < -0.39 is 0 Å². The zero-order chi connectivity index (χ0) is 13.8. The van der Waals surface area contributed by atoms with Crippen LogP contribution in [0.25, 0.3) is 0 Å². The van der Waals surface area contributed by atoms with Crippen molar-refractivity contribution < 1.29 is 0 Å².